The predicted molar refractivity (Wildman–Crippen MR) is 74.3 cm³/mol. The zero-order valence-corrected chi connectivity index (χ0v) is 12.0. The minimum atomic E-state index is -2.35. The van der Waals surface area contributed by atoms with E-state index >= 15 is 0 Å². The Morgan fingerprint density at radius 3 is 2.65 bits per heavy atom. The van der Waals surface area contributed by atoms with Crippen LogP contribution in [-0.2, 0) is 4.74 Å². The van der Waals surface area contributed by atoms with Crippen LogP contribution < -0.4 is 5.32 Å². The number of rotatable bonds is 4. The quantitative estimate of drug-likeness (QED) is 0.604. The van der Waals surface area contributed by atoms with Gasteiger partial charge in [-0.15, -0.1) is 0 Å². The molecule has 2 saturated heterocycles. The van der Waals surface area contributed by atoms with Crippen molar-refractivity contribution in [2.24, 2.45) is 10.9 Å². The lowest BCUT2D eigenvalue weighted by molar-refractivity contribution is 0.134. The second kappa shape index (κ2) is 7.73. The fourth-order valence-corrected chi connectivity index (χ4v) is 2.74. The molecule has 1 unspecified atom stereocenters. The number of hydrogen-bond acceptors (Lipinski definition) is 3. The lowest BCUT2D eigenvalue weighted by atomic mass is 10.1. The number of halogens is 2. The van der Waals surface area contributed by atoms with Gasteiger partial charge < -0.3 is 15.0 Å². The Morgan fingerprint density at radius 1 is 1.35 bits per heavy atom. The molecule has 2 aliphatic rings. The standard InChI is InChI=1S/C13H24F2N4O/c1-16-13(17-8-12(14)15)19-5-3-18(4-6-19)9-11-2-7-20-10-11/h11-12H,2-10H2,1H3,(H,16,17). The van der Waals surface area contributed by atoms with Crippen molar-refractivity contribution < 1.29 is 13.5 Å². The largest absolute Gasteiger partial charge is 0.381 e. The molecule has 0 aromatic rings. The van der Waals surface area contributed by atoms with Gasteiger partial charge in [-0.2, -0.15) is 0 Å². The van der Waals surface area contributed by atoms with Crippen LogP contribution in [0.15, 0.2) is 4.99 Å². The van der Waals surface area contributed by atoms with Crippen molar-refractivity contribution in [3.63, 3.8) is 0 Å². The van der Waals surface area contributed by atoms with Gasteiger partial charge in [0.15, 0.2) is 5.96 Å². The number of alkyl halides is 2. The summed E-state index contributed by atoms with van der Waals surface area (Å²) in [5, 5.41) is 2.71. The number of nitrogens with zero attached hydrogens (tertiary/aromatic N) is 3. The maximum atomic E-state index is 12.2. The Bertz CT molecular complexity index is 313. The summed E-state index contributed by atoms with van der Waals surface area (Å²) in [5.74, 6) is 1.23. The maximum absolute atomic E-state index is 12.2. The van der Waals surface area contributed by atoms with Crippen LogP contribution in [0.5, 0.6) is 0 Å². The van der Waals surface area contributed by atoms with Crippen LogP contribution in [0.1, 0.15) is 6.42 Å². The lowest BCUT2D eigenvalue weighted by Crippen LogP contribution is -2.53. The molecule has 0 radical (unpaired) electrons. The Kier molecular flexibility index (Phi) is 5.97. The van der Waals surface area contributed by atoms with Gasteiger partial charge in [-0.3, -0.25) is 9.89 Å². The molecule has 0 aliphatic carbocycles. The smallest absolute Gasteiger partial charge is 0.255 e. The molecule has 2 aliphatic heterocycles. The molecule has 2 fully saturated rings. The van der Waals surface area contributed by atoms with Crippen molar-refractivity contribution in [3.05, 3.63) is 0 Å². The van der Waals surface area contributed by atoms with Crippen molar-refractivity contribution in [2.75, 3.05) is 59.5 Å². The first-order chi connectivity index (χ1) is 9.69. The second-order valence-electron chi connectivity index (χ2n) is 5.34. The molecule has 20 heavy (non-hydrogen) atoms. The number of aliphatic imine (C=N–C) groups is 1. The maximum Gasteiger partial charge on any atom is 0.255 e. The van der Waals surface area contributed by atoms with Crippen LogP contribution in [0, 0.1) is 5.92 Å². The Labute approximate surface area is 119 Å². The highest BCUT2D eigenvalue weighted by molar-refractivity contribution is 5.80. The van der Waals surface area contributed by atoms with Crippen molar-refractivity contribution in [3.8, 4) is 0 Å². The fourth-order valence-electron chi connectivity index (χ4n) is 2.74. The zero-order valence-electron chi connectivity index (χ0n) is 12.0. The van der Waals surface area contributed by atoms with Gasteiger partial charge in [-0.05, 0) is 12.3 Å². The summed E-state index contributed by atoms with van der Waals surface area (Å²) >= 11 is 0. The first-order valence-electron chi connectivity index (χ1n) is 7.23. The Morgan fingerprint density at radius 2 is 2.10 bits per heavy atom. The molecular weight excluding hydrogens is 266 g/mol. The van der Waals surface area contributed by atoms with Gasteiger partial charge in [0, 0.05) is 46.4 Å². The minimum Gasteiger partial charge on any atom is -0.381 e. The van der Waals surface area contributed by atoms with Crippen LogP contribution in [0.3, 0.4) is 0 Å². The summed E-state index contributed by atoms with van der Waals surface area (Å²) in [5.41, 5.74) is 0. The third kappa shape index (κ3) is 4.56. The van der Waals surface area contributed by atoms with E-state index in [2.05, 4.69) is 15.2 Å². The van der Waals surface area contributed by atoms with E-state index < -0.39 is 6.43 Å². The van der Waals surface area contributed by atoms with E-state index in [0.717, 1.165) is 52.4 Å². The van der Waals surface area contributed by atoms with E-state index in [1.165, 1.54) is 0 Å². The number of hydrogen-bond donors (Lipinski definition) is 1. The first-order valence-corrected chi connectivity index (χ1v) is 7.23. The van der Waals surface area contributed by atoms with Crippen LogP contribution >= 0.6 is 0 Å². The minimum absolute atomic E-state index is 0.341. The molecule has 1 atom stereocenters. The van der Waals surface area contributed by atoms with E-state index in [1.807, 2.05) is 4.90 Å². The molecule has 0 saturated carbocycles. The van der Waals surface area contributed by atoms with Gasteiger partial charge in [0.2, 0.25) is 0 Å². The third-order valence-corrected chi connectivity index (χ3v) is 3.84. The molecule has 0 aromatic heterocycles. The molecule has 0 aromatic carbocycles. The van der Waals surface area contributed by atoms with Crippen LogP contribution in [0.2, 0.25) is 0 Å². The average Bonchev–Trinajstić information content (AvgIpc) is 2.94. The van der Waals surface area contributed by atoms with Crippen LogP contribution in [0.4, 0.5) is 8.78 Å². The molecule has 2 rings (SSSR count). The summed E-state index contributed by atoms with van der Waals surface area (Å²) in [4.78, 5) is 8.54. The van der Waals surface area contributed by atoms with Crippen molar-refractivity contribution >= 4 is 5.96 Å². The lowest BCUT2D eigenvalue weighted by Gasteiger charge is -2.37. The first kappa shape index (κ1) is 15.4. The topological polar surface area (TPSA) is 40.1 Å². The van der Waals surface area contributed by atoms with E-state index in [1.54, 1.807) is 7.05 Å². The van der Waals surface area contributed by atoms with Crippen molar-refractivity contribution in [1.82, 2.24) is 15.1 Å². The van der Waals surface area contributed by atoms with Crippen molar-refractivity contribution in [1.29, 1.82) is 0 Å². The van der Waals surface area contributed by atoms with Gasteiger partial charge in [-0.25, -0.2) is 8.78 Å². The molecule has 5 nitrogen and oxygen atoms in total. The van der Waals surface area contributed by atoms with Crippen LogP contribution in [-0.4, -0.2) is 81.7 Å². The second-order valence-corrected chi connectivity index (χ2v) is 5.34. The van der Waals surface area contributed by atoms with Gasteiger partial charge in [-0.1, -0.05) is 0 Å². The number of guanidine groups is 1. The number of nitrogens with one attached hydrogen (secondary N) is 1. The molecule has 2 heterocycles. The van der Waals surface area contributed by atoms with E-state index in [4.69, 9.17) is 4.74 Å². The van der Waals surface area contributed by atoms with Gasteiger partial charge >= 0.3 is 0 Å². The molecule has 0 spiro atoms. The number of ether oxygens (including phenoxy) is 1. The normalized spacial score (nSPS) is 25.5. The zero-order chi connectivity index (χ0) is 14.4. The average molecular weight is 290 g/mol. The van der Waals surface area contributed by atoms with Gasteiger partial charge in [0.05, 0.1) is 13.2 Å². The highest BCUT2D eigenvalue weighted by atomic mass is 19.3. The third-order valence-electron chi connectivity index (χ3n) is 3.84. The monoisotopic (exact) mass is 290 g/mol. The molecule has 0 amide bonds. The summed E-state index contributed by atoms with van der Waals surface area (Å²) in [6, 6.07) is 0. The van der Waals surface area contributed by atoms with Gasteiger partial charge in [0.1, 0.15) is 0 Å². The summed E-state index contributed by atoms with van der Waals surface area (Å²) in [6.07, 6.45) is -1.20. The molecule has 0 bridgehead atoms. The van der Waals surface area contributed by atoms with E-state index in [-0.39, 0.29) is 6.54 Å². The van der Waals surface area contributed by atoms with E-state index in [9.17, 15) is 8.78 Å². The Hall–Kier alpha value is -0.950. The molecular formula is C13H24F2N4O. The summed E-state index contributed by atoms with van der Waals surface area (Å²) in [7, 11) is 1.63. The van der Waals surface area contributed by atoms with Crippen molar-refractivity contribution in [2.45, 2.75) is 12.8 Å². The summed E-state index contributed by atoms with van der Waals surface area (Å²) < 4.78 is 29.9. The highest BCUT2D eigenvalue weighted by Gasteiger charge is 2.24. The molecule has 7 heteroatoms. The Balaban J connectivity index is 1.72. The number of piperazine rings is 1. The summed E-state index contributed by atoms with van der Waals surface area (Å²) in [6.45, 7) is 6.06. The van der Waals surface area contributed by atoms with Gasteiger partial charge in [0.25, 0.3) is 6.43 Å². The SMILES string of the molecule is CN=C(NCC(F)F)N1CCN(CC2CCOC2)CC1. The van der Waals surface area contributed by atoms with E-state index in [0.29, 0.717) is 11.9 Å². The van der Waals surface area contributed by atoms with Crippen LogP contribution in [0.25, 0.3) is 0 Å². The highest BCUT2D eigenvalue weighted by Crippen LogP contribution is 2.15. The predicted octanol–water partition coefficient (Wildman–Crippen LogP) is 0.481. The molecule has 116 valence electrons. The molecule has 1 N–H and O–H groups in total. The fraction of sp³-hybridized carbons (Fsp3) is 0.923.